The normalized spacial score (nSPS) is 21.2. The number of rotatable bonds is 7. The minimum atomic E-state index is -2.87. The van der Waals surface area contributed by atoms with Crippen molar-refractivity contribution in [3.63, 3.8) is 0 Å². The van der Waals surface area contributed by atoms with Crippen LogP contribution in [0.4, 0.5) is 23.2 Å². The van der Waals surface area contributed by atoms with Gasteiger partial charge >= 0.3 is 6.61 Å². The SMILES string of the molecule is C[C@@H]1N=C(N)S[C@H](COC(F)F)C[C@@H]1Cc1cc(NC(=O)c2ncc(F)cc2F)ccn1. The number of amidine groups is 1. The predicted molar refractivity (Wildman–Crippen MR) is 113 cm³/mol. The zero-order valence-corrected chi connectivity index (χ0v) is 17.8. The molecule has 0 fully saturated rings. The van der Waals surface area contributed by atoms with Crippen molar-refractivity contribution in [1.82, 2.24) is 9.97 Å². The zero-order chi connectivity index (χ0) is 23.3. The van der Waals surface area contributed by atoms with Crippen molar-refractivity contribution in [2.75, 3.05) is 11.9 Å². The van der Waals surface area contributed by atoms with E-state index in [1.165, 1.54) is 24.0 Å². The minimum absolute atomic E-state index is 0.0653. The van der Waals surface area contributed by atoms with Crippen LogP contribution >= 0.6 is 11.8 Å². The van der Waals surface area contributed by atoms with E-state index in [1.807, 2.05) is 6.92 Å². The fourth-order valence-corrected chi connectivity index (χ4v) is 4.39. The maximum absolute atomic E-state index is 13.8. The van der Waals surface area contributed by atoms with E-state index in [2.05, 4.69) is 25.0 Å². The van der Waals surface area contributed by atoms with E-state index < -0.39 is 29.8 Å². The van der Waals surface area contributed by atoms with E-state index in [-0.39, 0.29) is 23.8 Å². The van der Waals surface area contributed by atoms with E-state index in [4.69, 9.17) is 5.73 Å². The number of anilines is 1. The van der Waals surface area contributed by atoms with E-state index in [9.17, 15) is 22.4 Å². The standard InChI is InChI=1S/C20H21F4N5O2S/c1-10-11(5-15(9-31-19(23)24)32-20(25)28-10)4-14-7-13(2-3-26-14)29-18(30)17-16(22)6-12(21)8-27-17/h2-3,6-8,10-11,15,19H,4-5,9H2,1H3,(H2,25,28)(H,26,29,30)/t10-,11-,15-/m0/s1. The lowest BCUT2D eigenvalue weighted by Crippen LogP contribution is -2.24. The lowest BCUT2D eigenvalue weighted by atomic mass is 9.91. The Labute approximate surface area is 185 Å². The third-order valence-electron chi connectivity index (χ3n) is 4.84. The monoisotopic (exact) mass is 471 g/mol. The first-order chi connectivity index (χ1) is 15.2. The second-order valence-corrected chi connectivity index (χ2v) is 8.54. The summed E-state index contributed by atoms with van der Waals surface area (Å²) in [5.41, 5.74) is 6.31. The van der Waals surface area contributed by atoms with Crippen LogP contribution in [0.2, 0.25) is 0 Å². The number of nitrogens with two attached hydrogens (primary N) is 1. The second kappa shape index (κ2) is 10.7. The number of hydrogen-bond donors (Lipinski definition) is 2. The molecule has 1 aliphatic rings. The first-order valence-corrected chi connectivity index (χ1v) is 10.6. The van der Waals surface area contributed by atoms with Crippen molar-refractivity contribution >= 4 is 28.5 Å². The van der Waals surface area contributed by atoms with Crippen LogP contribution in [-0.2, 0) is 11.2 Å². The number of halogens is 4. The summed E-state index contributed by atoms with van der Waals surface area (Å²) < 4.78 is 56.1. The maximum atomic E-state index is 13.8. The summed E-state index contributed by atoms with van der Waals surface area (Å²) in [6, 6.07) is 3.52. The number of nitrogens with zero attached hydrogens (tertiary/aromatic N) is 3. The third-order valence-corrected chi connectivity index (χ3v) is 5.85. The molecular weight excluding hydrogens is 450 g/mol. The number of alkyl halides is 2. The molecule has 2 aromatic rings. The molecule has 0 saturated carbocycles. The first kappa shape index (κ1) is 23.9. The van der Waals surface area contributed by atoms with Crippen LogP contribution in [0.5, 0.6) is 0 Å². The Bertz CT molecular complexity index is 994. The number of carbonyl (C=O) groups is 1. The van der Waals surface area contributed by atoms with E-state index >= 15 is 0 Å². The fraction of sp³-hybridized carbons (Fsp3) is 0.400. The third kappa shape index (κ3) is 6.63. The second-order valence-electron chi connectivity index (χ2n) is 7.22. The van der Waals surface area contributed by atoms with Crippen LogP contribution in [0.3, 0.4) is 0 Å². The number of amides is 1. The van der Waals surface area contributed by atoms with Gasteiger partial charge in [0.05, 0.1) is 18.8 Å². The fourth-order valence-electron chi connectivity index (χ4n) is 3.33. The summed E-state index contributed by atoms with van der Waals surface area (Å²) in [7, 11) is 0. The summed E-state index contributed by atoms with van der Waals surface area (Å²) >= 11 is 1.20. The van der Waals surface area contributed by atoms with Gasteiger partial charge in [-0.2, -0.15) is 8.78 Å². The van der Waals surface area contributed by atoms with Gasteiger partial charge in [0.1, 0.15) is 5.82 Å². The number of carbonyl (C=O) groups excluding carboxylic acids is 1. The summed E-state index contributed by atoms with van der Waals surface area (Å²) in [6.07, 6.45) is 3.19. The molecule has 1 amide bonds. The van der Waals surface area contributed by atoms with Gasteiger partial charge in [-0.15, -0.1) is 0 Å². The Morgan fingerprint density at radius 3 is 2.84 bits per heavy atom. The van der Waals surface area contributed by atoms with Crippen LogP contribution in [0.1, 0.15) is 29.5 Å². The number of nitrogens with one attached hydrogen (secondary N) is 1. The van der Waals surface area contributed by atoms with Crippen LogP contribution < -0.4 is 11.1 Å². The molecule has 0 bridgehead atoms. The van der Waals surface area contributed by atoms with Crippen LogP contribution in [-0.4, -0.2) is 45.6 Å². The molecule has 0 unspecified atom stereocenters. The van der Waals surface area contributed by atoms with Gasteiger partial charge in [-0.3, -0.25) is 14.8 Å². The number of ether oxygens (including phenoxy) is 1. The number of pyridine rings is 2. The number of thioether (sulfide) groups is 1. The van der Waals surface area contributed by atoms with Crippen molar-refractivity contribution in [3.05, 3.63) is 53.6 Å². The minimum Gasteiger partial charge on any atom is -0.379 e. The van der Waals surface area contributed by atoms with Gasteiger partial charge in [0.2, 0.25) is 0 Å². The van der Waals surface area contributed by atoms with Gasteiger partial charge in [-0.05, 0) is 37.8 Å². The molecule has 0 radical (unpaired) electrons. The highest BCUT2D eigenvalue weighted by Gasteiger charge is 2.28. The highest BCUT2D eigenvalue weighted by molar-refractivity contribution is 8.14. The quantitative estimate of drug-likeness (QED) is 0.598. The van der Waals surface area contributed by atoms with Crippen LogP contribution in [0.15, 0.2) is 35.6 Å². The van der Waals surface area contributed by atoms with Crippen LogP contribution in [0, 0.1) is 17.6 Å². The molecule has 3 N–H and O–H groups in total. The Kier molecular flexibility index (Phi) is 8.02. The lowest BCUT2D eigenvalue weighted by Gasteiger charge is -2.22. The van der Waals surface area contributed by atoms with E-state index in [0.717, 1.165) is 6.20 Å². The summed E-state index contributed by atoms with van der Waals surface area (Å²) in [5.74, 6) is -2.86. The van der Waals surface area contributed by atoms with Gasteiger partial charge < -0.3 is 15.8 Å². The topological polar surface area (TPSA) is 102 Å². The van der Waals surface area contributed by atoms with Gasteiger partial charge in [0.25, 0.3) is 5.91 Å². The Morgan fingerprint density at radius 1 is 1.34 bits per heavy atom. The molecule has 32 heavy (non-hydrogen) atoms. The molecule has 7 nitrogen and oxygen atoms in total. The Morgan fingerprint density at radius 2 is 2.12 bits per heavy atom. The summed E-state index contributed by atoms with van der Waals surface area (Å²) in [6.45, 7) is -1.15. The Balaban J connectivity index is 1.70. The molecule has 12 heteroatoms. The first-order valence-electron chi connectivity index (χ1n) is 9.68. The average Bonchev–Trinajstić information content (AvgIpc) is 2.84. The summed E-state index contributed by atoms with van der Waals surface area (Å²) in [5, 5.41) is 2.53. The average molecular weight is 471 g/mol. The molecule has 3 rings (SSSR count). The molecule has 172 valence electrons. The zero-order valence-electron chi connectivity index (χ0n) is 17.0. The van der Waals surface area contributed by atoms with Crippen molar-refractivity contribution in [2.24, 2.45) is 16.6 Å². The van der Waals surface area contributed by atoms with Gasteiger partial charge in [0.15, 0.2) is 16.7 Å². The molecule has 1 aliphatic heterocycles. The Hall–Kier alpha value is -2.73. The number of hydrogen-bond acceptors (Lipinski definition) is 7. The molecule has 3 heterocycles. The van der Waals surface area contributed by atoms with Crippen molar-refractivity contribution in [2.45, 2.75) is 37.7 Å². The number of aromatic nitrogens is 2. The summed E-state index contributed by atoms with van der Waals surface area (Å²) in [4.78, 5) is 24.5. The smallest absolute Gasteiger partial charge is 0.345 e. The predicted octanol–water partition coefficient (Wildman–Crippen LogP) is 3.61. The highest BCUT2D eigenvalue weighted by atomic mass is 32.2. The molecule has 0 spiro atoms. The molecule has 3 atom stereocenters. The molecule has 0 aliphatic carbocycles. The molecular formula is C20H21F4N5O2S. The number of aliphatic imine (C=N–C) groups is 1. The van der Waals surface area contributed by atoms with Crippen molar-refractivity contribution < 1.29 is 27.1 Å². The van der Waals surface area contributed by atoms with Crippen molar-refractivity contribution in [1.29, 1.82) is 0 Å². The van der Waals surface area contributed by atoms with Gasteiger partial charge in [-0.25, -0.2) is 13.8 Å². The van der Waals surface area contributed by atoms with Gasteiger partial charge in [0, 0.05) is 28.9 Å². The molecule has 0 aromatic carbocycles. The molecule has 2 aromatic heterocycles. The van der Waals surface area contributed by atoms with Gasteiger partial charge in [-0.1, -0.05) is 11.8 Å². The largest absolute Gasteiger partial charge is 0.379 e. The molecule has 0 saturated heterocycles. The maximum Gasteiger partial charge on any atom is 0.345 e. The lowest BCUT2D eigenvalue weighted by molar-refractivity contribution is -0.128. The van der Waals surface area contributed by atoms with Crippen molar-refractivity contribution in [3.8, 4) is 0 Å². The highest BCUT2D eigenvalue weighted by Crippen LogP contribution is 2.30. The van der Waals surface area contributed by atoms with E-state index in [0.29, 0.717) is 35.5 Å². The van der Waals surface area contributed by atoms with Crippen LogP contribution in [0.25, 0.3) is 0 Å². The van der Waals surface area contributed by atoms with E-state index in [1.54, 1.807) is 6.07 Å².